The molecule has 0 aliphatic rings. The third kappa shape index (κ3) is 2.01. The Labute approximate surface area is 85.3 Å². The molecule has 0 saturated heterocycles. The Morgan fingerprint density at radius 2 is 2.13 bits per heavy atom. The highest BCUT2D eigenvalue weighted by Crippen LogP contribution is 2.25. The molecule has 6 heteroatoms. The van der Waals surface area contributed by atoms with Crippen LogP contribution >= 0.6 is 0 Å². The second-order valence-electron chi connectivity index (χ2n) is 2.78. The fourth-order valence-electron chi connectivity index (χ4n) is 1.21. The molecule has 74 valence electrons. The lowest BCUT2D eigenvalue weighted by atomic mass is 10.0. The fourth-order valence-corrected chi connectivity index (χ4v) is 1.21. The quantitative estimate of drug-likeness (QED) is 0.438. The topological polar surface area (TPSA) is 117 Å². The lowest BCUT2D eigenvalue weighted by molar-refractivity contribution is -0.385. The Hall–Kier alpha value is -2.60. The third-order valence-electron chi connectivity index (χ3n) is 1.80. The van der Waals surface area contributed by atoms with E-state index in [0.29, 0.717) is 0 Å². The van der Waals surface area contributed by atoms with Crippen molar-refractivity contribution in [2.24, 2.45) is 0 Å². The molecular formula is C9H6N4O2. The minimum absolute atomic E-state index is 0.0746. The van der Waals surface area contributed by atoms with Gasteiger partial charge in [0.2, 0.25) is 0 Å². The van der Waals surface area contributed by atoms with Gasteiger partial charge >= 0.3 is 0 Å². The van der Waals surface area contributed by atoms with Gasteiger partial charge in [0.25, 0.3) is 5.69 Å². The molecule has 0 aliphatic carbocycles. The molecule has 0 atom stereocenters. The second-order valence-corrected chi connectivity index (χ2v) is 2.78. The number of nitro groups is 1. The van der Waals surface area contributed by atoms with Crippen LogP contribution in [-0.4, -0.2) is 4.92 Å². The van der Waals surface area contributed by atoms with Gasteiger partial charge in [-0.15, -0.1) is 0 Å². The van der Waals surface area contributed by atoms with Gasteiger partial charge < -0.3 is 5.73 Å². The van der Waals surface area contributed by atoms with Crippen molar-refractivity contribution in [1.82, 2.24) is 0 Å². The molecule has 15 heavy (non-hydrogen) atoms. The molecule has 0 bridgehead atoms. The molecule has 6 nitrogen and oxygen atoms in total. The Morgan fingerprint density at radius 3 is 2.60 bits per heavy atom. The normalized spacial score (nSPS) is 8.93. The number of hydrogen-bond acceptors (Lipinski definition) is 5. The molecule has 0 fully saturated rings. The Bertz CT molecular complexity index is 496. The van der Waals surface area contributed by atoms with Crippen LogP contribution in [-0.2, 0) is 6.42 Å². The maximum atomic E-state index is 10.6. The summed E-state index contributed by atoms with van der Waals surface area (Å²) in [7, 11) is 0. The van der Waals surface area contributed by atoms with Gasteiger partial charge in [-0.1, -0.05) is 0 Å². The molecule has 0 radical (unpaired) electrons. The zero-order valence-electron chi connectivity index (χ0n) is 7.60. The number of nitrogen functional groups attached to an aromatic ring is 1. The first-order valence-electron chi connectivity index (χ1n) is 3.94. The van der Waals surface area contributed by atoms with Crippen LogP contribution in [0.4, 0.5) is 11.4 Å². The summed E-state index contributed by atoms with van der Waals surface area (Å²) in [6.07, 6.45) is -0.0746. The van der Waals surface area contributed by atoms with Crippen molar-refractivity contribution >= 4 is 11.4 Å². The van der Waals surface area contributed by atoms with Crippen molar-refractivity contribution in [2.45, 2.75) is 6.42 Å². The van der Waals surface area contributed by atoms with Crippen LogP contribution < -0.4 is 5.73 Å². The summed E-state index contributed by atoms with van der Waals surface area (Å²) >= 11 is 0. The Balaban J connectivity index is 3.48. The maximum absolute atomic E-state index is 10.6. The largest absolute Gasteiger partial charge is 0.399 e. The number of nitro benzene ring substituents is 1. The van der Waals surface area contributed by atoms with E-state index in [2.05, 4.69) is 0 Å². The van der Waals surface area contributed by atoms with E-state index >= 15 is 0 Å². The van der Waals surface area contributed by atoms with Gasteiger partial charge in [-0.25, -0.2) is 0 Å². The highest BCUT2D eigenvalue weighted by atomic mass is 16.6. The minimum atomic E-state index is -0.685. The van der Waals surface area contributed by atoms with Crippen molar-refractivity contribution in [1.29, 1.82) is 10.5 Å². The van der Waals surface area contributed by atoms with Crippen molar-refractivity contribution in [2.75, 3.05) is 5.73 Å². The fraction of sp³-hybridized carbons (Fsp3) is 0.111. The van der Waals surface area contributed by atoms with Gasteiger partial charge in [0, 0.05) is 11.8 Å². The van der Waals surface area contributed by atoms with Gasteiger partial charge in [-0.3, -0.25) is 10.1 Å². The maximum Gasteiger partial charge on any atom is 0.289 e. The number of hydrogen-bond donors (Lipinski definition) is 1. The number of rotatable bonds is 2. The first kappa shape index (κ1) is 10.5. The third-order valence-corrected chi connectivity index (χ3v) is 1.80. The zero-order valence-corrected chi connectivity index (χ0v) is 7.60. The Kier molecular flexibility index (Phi) is 2.85. The van der Waals surface area contributed by atoms with Gasteiger partial charge in [0.05, 0.1) is 17.4 Å². The SMILES string of the molecule is N#CCc1cc(N)cc([N+](=O)[O-])c1C#N. The standard InChI is InChI=1S/C9H6N4O2/c10-2-1-6-3-7(12)4-9(13(14)15)8(6)5-11/h3-4H,1,12H2. The number of nitriles is 2. The van der Waals surface area contributed by atoms with E-state index in [0.717, 1.165) is 6.07 Å². The van der Waals surface area contributed by atoms with Crippen molar-refractivity contribution in [3.63, 3.8) is 0 Å². The summed E-state index contributed by atoms with van der Waals surface area (Å²) in [5.74, 6) is 0. The molecule has 0 aliphatic heterocycles. The van der Waals surface area contributed by atoms with Crippen molar-refractivity contribution < 1.29 is 4.92 Å². The van der Waals surface area contributed by atoms with E-state index < -0.39 is 4.92 Å². The molecule has 0 heterocycles. The average Bonchev–Trinajstić information content (AvgIpc) is 2.17. The lowest BCUT2D eigenvalue weighted by Crippen LogP contribution is -1.99. The van der Waals surface area contributed by atoms with Crippen molar-refractivity contribution in [3.8, 4) is 12.1 Å². The summed E-state index contributed by atoms with van der Waals surface area (Å²) in [6.45, 7) is 0. The molecule has 0 unspecified atom stereocenters. The molecule has 0 aromatic heterocycles. The van der Waals surface area contributed by atoms with E-state index in [1.807, 2.05) is 6.07 Å². The molecule has 0 amide bonds. The van der Waals surface area contributed by atoms with E-state index in [9.17, 15) is 10.1 Å². The highest BCUT2D eigenvalue weighted by molar-refractivity contribution is 5.61. The number of anilines is 1. The van der Waals surface area contributed by atoms with Crippen LogP contribution in [0.2, 0.25) is 0 Å². The number of nitrogens with two attached hydrogens (primary N) is 1. The molecule has 0 saturated carbocycles. The Morgan fingerprint density at radius 1 is 1.47 bits per heavy atom. The van der Waals surface area contributed by atoms with Gasteiger partial charge in [-0.05, 0) is 11.6 Å². The number of nitrogens with zero attached hydrogens (tertiary/aromatic N) is 3. The van der Waals surface area contributed by atoms with Crippen LogP contribution in [0.5, 0.6) is 0 Å². The lowest BCUT2D eigenvalue weighted by Gasteiger charge is -2.02. The first-order valence-corrected chi connectivity index (χ1v) is 3.94. The summed E-state index contributed by atoms with van der Waals surface area (Å²) in [5.41, 5.74) is 5.42. The smallest absolute Gasteiger partial charge is 0.289 e. The van der Waals surface area contributed by atoms with Crippen molar-refractivity contribution in [3.05, 3.63) is 33.4 Å². The van der Waals surface area contributed by atoms with Gasteiger partial charge in [0.15, 0.2) is 0 Å². The molecule has 2 N–H and O–H groups in total. The molecule has 1 aromatic rings. The van der Waals surface area contributed by atoms with E-state index in [1.165, 1.54) is 6.07 Å². The van der Waals surface area contributed by atoms with Crippen LogP contribution in [0.25, 0.3) is 0 Å². The van der Waals surface area contributed by atoms with Crippen LogP contribution in [0.1, 0.15) is 11.1 Å². The predicted molar refractivity (Wildman–Crippen MR) is 51.5 cm³/mol. The highest BCUT2D eigenvalue weighted by Gasteiger charge is 2.18. The molecular weight excluding hydrogens is 196 g/mol. The second kappa shape index (κ2) is 4.07. The summed E-state index contributed by atoms with van der Waals surface area (Å²) in [6, 6.07) is 6.04. The van der Waals surface area contributed by atoms with Gasteiger partial charge in [-0.2, -0.15) is 10.5 Å². The van der Waals surface area contributed by atoms with Gasteiger partial charge in [0.1, 0.15) is 11.6 Å². The summed E-state index contributed by atoms with van der Waals surface area (Å²) in [4.78, 5) is 9.92. The molecule has 0 spiro atoms. The average molecular weight is 202 g/mol. The van der Waals surface area contributed by atoms with E-state index in [-0.39, 0.29) is 28.9 Å². The van der Waals surface area contributed by atoms with Crippen LogP contribution in [0.15, 0.2) is 12.1 Å². The van der Waals surface area contributed by atoms with E-state index in [1.54, 1.807) is 6.07 Å². The summed E-state index contributed by atoms with van der Waals surface area (Å²) in [5, 5.41) is 27.9. The molecule has 1 rings (SSSR count). The van der Waals surface area contributed by atoms with Crippen LogP contribution in [0, 0.1) is 32.8 Å². The first-order chi connectivity index (χ1) is 7.10. The monoisotopic (exact) mass is 202 g/mol. The minimum Gasteiger partial charge on any atom is -0.399 e. The zero-order chi connectivity index (χ0) is 11.4. The number of benzene rings is 1. The summed E-state index contributed by atoms with van der Waals surface area (Å²) < 4.78 is 0. The molecule has 1 aromatic carbocycles. The predicted octanol–water partition coefficient (Wildman–Crippen LogP) is 1.11. The van der Waals surface area contributed by atoms with E-state index in [4.69, 9.17) is 16.3 Å². The van der Waals surface area contributed by atoms with Crippen LogP contribution in [0.3, 0.4) is 0 Å².